The highest BCUT2D eigenvalue weighted by Gasteiger charge is 2.11. The number of aromatic nitrogens is 2. The van der Waals surface area contributed by atoms with Crippen molar-refractivity contribution in [2.24, 2.45) is 0 Å². The van der Waals surface area contributed by atoms with Crippen molar-refractivity contribution in [2.75, 3.05) is 11.9 Å². The van der Waals surface area contributed by atoms with E-state index >= 15 is 0 Å². The van der Waals surface area contributed by atoms with E-state index in [0.29, 0.717) is 11.7 Å². The standard InChI is InChI=1S/C15H18BrN3O/c1-5-17-14-10(3)15(19-11(4)18-14)20-12-6-7-13(16)9(2)8-12/h6-8H,5H2,1-4H3,(H,17,18,19). The van der Waals surface area contributed by atoms with Gasteiger partial charge in [-0.3, -0.25) is 0 Å². The Kier molecular flexibility index (Phi) is 4.60. The summed E-state index contributed by atoms with van der Waals surface area (Å²) < 4.78 is 6.96. The van der Waals surface area contributed by atoms with Gasteiger partial charge in [-0.1, -0.05) is 15.9 Å². The van der Waals surface area contributed by atoms with Gasteiger partial charge < -0.3 is 10.1 Å². The molecule has 1 aromatic carbocycles. The Morgan fingerprint density at radius 1 is 1.20 bits per heavy atom. The predicted octanol–water partition coefficient (Wildman–Crippen LogP) is 4.39. The van der Waals surface area contributed by atoms with Crippen molar-refractivity contribution < 1.29 is 4.74 Å². The third-order valence-corrected chi connectivity index (χ3v) is 3.79. The lowest BCUT2D eigenvalue weighted by atomic mass is 10.2. The molecule has 4 nitrogen and oxygen atoms in total. The maximum absolute atomic E-state index is 5.90. The number of benzene rings is 1. The van der Waals surface area contributed by atoms with Gasteiger partial charge in [0.15, 0.2) is 0 Å². The highest BCUT2D eigenvalue weighted by Crippen LogP contribution is 2.29. The summed E-state index contributed by atoms with van der Waals surface area (Å²) in [7, 11) is 0. The van der Waals surface area contributed by atoms with Gasteiger partial charge >= 0.3 is 0 Å². The maximum Gasteiger partial charge on any atom is 0.227 e. The molecule has 0 aliphatic heterocycles. The molecule has 20 heavy (non-hydrogen) atoms. The van der Waals surface area contributed by atoms with Crippen molar-refractivity contribution in [1.82, 2.24) is 9.97 Å². The van der Waals surface area contributed by atoms with E-state index in [4.69, 9.17) is 4.74 Å². The lowest BCUT2D eigenvalue weighted by Crippen LogP contribution is -2.06. The van der Waals surface area contributed by atoms with E-state index in [0.717, 1.165) is 33.7 Å². The third kappa shape index (κ3) is 3.28. The molecule has 0 bridgehead atoms. The number of rotatable bonds is 4. The third-order valence-electron chi connectivity index (χ3n) is 2.90. The monoisotopic (exact) mass is 335 g/mol. The van der Waals surface area contributed by atoms with Crippen molar-refractivity contribution in [3.8, 4) is 11.6 Å². The fourth-order valence-corrected chi connectivity index (χ4v) is 2.08. The molecule has 0 atom stereocenters. The lowest BCUT2D eigenvalue weighted by Gasteiger charge is -2.13. The predicted molar refractivity (Wildman–Crippen MR) is 84.6 cm³/mol. The Bertz CT molecular complexity index is 629. The Balaban J connectivity index is 2.35. The second-order valence-corrected chi connectivity index (χ2v) is 5.45. The molecule has 0 aliphatic carbocycles. The topological polar surface area (TPSA) is 47.0 Å². The quantitative estimate of drug-likeness (QED) is 0.900. The number of anilines is 1. The number of hydrogen-bond donors (Lipinski definition) is 1. The summed E-state index contributed by atoms with van der Waals surface area (Å²) in [5.74, 6) is 2.88. The normalized spacial score (nSPS) is 10.4. The molecule has 2 rings (SSSR count). The molecule has 1 aromatic heterocycles. The maximum atomic E-state index is 5.90. The molecule has 0 spiro atoms. The van der Waals surface area contributed by atoms with Crippen LogP contribution in [0.4, 0.5) is 5.82 Å². The largest absolute Gasteiger partial charge is 0.439 e. The Hall–Kier alpha value is -1.62. The minimum atomic E-state index is 0.593. The summed E-state index contributed by atoms with van der Waals surface area (Å²) in [6.45, 7) is 8.70. The zero-order valence-electron chi connectivity index (χ0n) is 12.1. The van der Waals surface area contributed by atoms with E-state index in [1.165, 1.54) is 0 Å². The second kappa shape index (κ2) is 6.22. The van der Waals surface area contributed by atoms with Gasteiger partial charge in [0.1, 0.15) is 17.4 Å². The highest BCUT2D eigenvalue weighted by molar-refractivity contribution is 9.10. The van der Waals surface area contributed by atoms with E-state index in [1.54, 1.807) is 0 Å². The Morgan fingerprint density at radius 2 is 1.95 bits per heavy atom. The molecule has 0 saturated heterocycles. The van der Waals surface area contributed by atoms with Crippen molar-refractivity contribution in [1.29, 1.82) is 0 Å². The van der Waals surface area contributed by atoms with Gasteiger partial charge in [0, 0.05) is 11.0 Å². The van der Waals surface area contributed by atoms with Crippen molar-refractivity contribution in [3.63, 3.8) is 0 Å². The number of halogens is 1. The minimum Gasteiger partial charge on any atom is -0.439 e. The van der Waals surface area contributed by atoms with Gasteiger partial charge in [0.05, 0.1) is 5.56 Å². The van der Waals surface area contributed by atoms with Gasteiger partial charge in [-0.2, -0.15) is 4.98 Å². The Morgan fingerprint density at radius 3 is 2.60 bits per heavy atom. The molecular formula is C15H18BrN3O. The van der Waals surface area contributed by atoms with Gasteiger partial charge in [-0.15, -0.1) is 0 Å². The van der Waals surface area contributed by atoms with Crippen molar-refractivity contribution in [2.45, 2.75) is 27.7 Å². The smallest absolute Gasteiger partial charge is 0.227 e. The van der Waals surface area contributed by atoms with Gasteiger partial charge in [0.2, 0.25) is 5.88 Å². The van der Waals surface area contributed by atoms with Crippen molar-refractivity contribution >= 4 is 21.7 Å². The molecule has 0 aliphatic rings. The average Bonchev–Trinajstić information content (AvgIpc) is 2.39. The Labute approximate surface area is 127 Å². The zero-order valence-corrected chi connectivity index (χ0v) is 13.7. The zero-order chi connectivity index (χ0) is 14.7. The first-order chi connectivity index (χ1) is 9.51. The molecule has 1 N–H and O–H groups in total. The van der Waals surface area contributed by atoms with Crippen LogP contribution < -0.4 is 10.1 Å². The summed E-state index contributed by atoms with van der Waals surface area (Å²) in [6, 6.07) is 5.87. The minimum absolute atomic E-state index is 0.593. The first-order valence-electron chi connectivity index (χ1n) is 6.54. The lowest BCUT2D eigenvalue weighted by molar-refractivity contribution is 0.455. The molecule has 0 unspecified atom stereocenters. The SMILES string of the molecule is CCNc1nc(C)nc(Oc2ccc(Br)c(C)c2)c1C. The van der Waals surface area contributed by atoms with Crippen LogP contribution in [0.2, 0.25) is 0 Å². The molecule has 106 valence electrons. The number of aryl methyl sites for hydroxylation is 2. The van der Waals surface area contributed by atoms with Gasteiger partial charge in [0.25, 0.3) is 0 Å². The summed E-state index contributed by atoms with van der Waals surface area (Å²) in [5.41, 5.74) is 2.04. The van der Waals surface area contributed by atoms with Crippen LogP contribution in [0.25, 0.3) is 0 Å². The molecule has 0 fully saturated rings. The highest BCUT2D eigenvalue weighted by atomic mass is 79.9. The first-order valence-corrected chi connectivity index (χ1v) is 7.33. The average molecular weight is 336 g/mol. The van der Waals surface area contributed by atoms with E-state index in [9.17, 15) is 0 Å². The number of nitrogens with zero attached hydrogens (tertiary/aromatic N) is 2. The second-order valence-electron chi connectivity index (χ2n) is 4.59. The molecule has 1 heterocycles. The van der Waals surface area contributed by atoms with E-state index in [1.807, 2.05) is 45.9 Å². The van der Waals surface area contributed by atoms with Crippen LogP contribution in [-0.4, -0.2) is 16.5 Å². The van der Waals surface area contributed by atoms with Crippen LogP contribution in [0, 0.1) is 20.8 Å². The summed E-state index contributed by atoms with van der Waals surface area (Å²) in [4.78, 5) is 8.76. The van der Waals surface area contributed by atoms with E-state index in [2.05, 4.69) is 31.2 Å². The number of ether oxygens (including phenoxy) is 1. The van der Waals surface area contributed by atoms with Crippen molar-refractivity contribution in [3.05, 3.63) is 39.6 Å². The number of nitrogens with one attached hydrogen (secondary N) is 1. The van der Waals surface area contributed by atoms with Crippen LogP contribution >= 0.6 is 15.9 Å². The van der Waals surface area contributed by atoms with Crippen LogP contribution in [0.1, 0.15) is 23.9 Å². The van der Waals surface area contributed by atoms with E-state index in [-0.39, 0.29) is 0 Å². The van der Waals surface area contributed by atoms with Crippen LogP contribution in [-0.2, 0) is 0 Å². The van der Waals surface area contributed by atoms with Gasteiger partial charge in [-0.25, -0.2) is 4.98 Å². The molecule has 2 aromatic rings. The molecular weight excluding hydrogens is 318 g/mol. The van der Waals surface area contributed by atoms with Gasteiger partial charge in [-0.05, 0) is 51.5 Å². The van der Waals surface area contributed by atoms with Crippen LogP contribution in [0.5, 0.6) is 11.6 Å². The van der Waals surface area contributed by atoms with E-state index < -0.39 is 0 Å². The summed E-state index contributed by atoms with van der Waals surface area (Å²) in [6.07, 6.45) is 0. The first kappa shape index (κ1) is 14.8. The summed E-state index contributed by atoms with van der Waals surface area (Å²) >= 11 is 3.48. The van der Waals surface area contributed by atoms with Crippen LogP contribution in [0.3, 0.4) is 0 Å². The molecule has 0 radical (unpaired) electrons. The fraction of sp³-hybridized carbons (Fsp3) is 0.333. The van der Waals surface area contributed by atoms with Crippen LogP contribution in [0.15, 0.2) is 22.7 Å². The summed E-state index contributed by atoms with van der Waals surface area (Å²) in [5, 5.41) is 3.22. The molecule has 5 heteroatoms. The number of hydrogen-bond acceptors (Lipinski definition) is 4. The molecule has 0 amide bonds. The molecule has 0 saturated carbocycles. The fourth-order valence-electron chi connectivity index (χ4n) is 1.83.